The van der Waals surface area contributed by atoms with Crippen molar-refractivity contribution in [3.63, 3.8) is 0 Å². The molecule has 5 heteroatoms. The normalized spacial score (nSPS) is 37.4. The Labute approximate surface area is 180 Å². The fourth-order valence-electron chi connectivity index (χ4n) is 5.35. The first-order valence-corrected chi connectivity index (χ1v) is 11.7. The number of esters is 2. The van der Waals surface area contributed by atoms with E-state index in [1.165, 1.54) is 11.1 Å². The third kappa shape index (κ3) is 5.16. The van der Waals surface area contributed by atoms with Crippen molar-refractivity contribution in [3.05, 3.63) is 23.3 Å². The lowest BCUT2D eigenvalue weighted by Crippen LogP contribution is -2.43. The summed E-state index contributed by atoms with van der Waals surface area (Å²) < 4.78 is 11.6. The van der Waals surface area contributed by atoms with Crippen LogP contribution in [0, 0.1) is 29.6 Å². The summed E-state index contributed by atoms with van der Waals surface area (Å²) in [6.07, 6.45) is 7.54. The molecule has 3 aliphatic rings. The second-order valence-electron chi connectivity index (χ2n) is 9.81. The average Bonchev–Trinajstić information content (AvgIpc) is 2.67. The summed E-state index contributed by atoms with van der Waals surface area (Å²) in [5, 5.41) is 9.94. The molecule has 0 saturated carbocycles. The van der Waals surface area contributed by atoms with Crippen molar-refractivity contribution in [2.75, 3.05) is 0 Å². The number of fused-ring (bicyclic) bond motifs is 1. The summed E-state index contributed by atoms with van der Waals surface area (Å²) in [5.41, 5.74) is 2.64. The second kappa shape index (κ2) is 9.67. The first-order chi connectivity index (χ1) is 14.2. The molecule has 0 amide bonds. The predicted molar refractivity (Wildman–Crippen MR) is 115 cm³/mol. The molecule has 0 aromatic carbocycles. The molecule has 0 spiro atoms. The Morgan fingerprint density at radius 3 is 2.70 bits per heavy atom. The highest BCUT2D eigenvalue weighted by Crippen LogP contribution is 2.47. The van der Waals surface area contributed by atoms with Gasteiger partial charge in [0.25, 0.3) is 0 Å². The van der Waals surface area contributed by atoms with E-state index in [9.17, 15) is 14.7 Å². The fourth-order valence-corrected chi connectivity index (χ4v) is 5.35. The number of aliphatic hydroxyl groups is 1. The van der Waals surface area contributed by atoms with Gasteiger partial charge in [-0.05, 0) is 55.9 Å². The first-order valence-electron chi connectivity index (χ1n) is 11.7. The van der Waals surface area contributed by atoms with Crippen molar-refractivity contribution < 1.29 is 24.2 Å². The van der Waals surface area contributed by atoms with Crippen LogP contribution in [0.25, 0.3) is 0 Å². The molecule has 1 heterocycles. The van der Waals surface area contributed by atoms with Crippen LogP contribution in [-0.4, -0.2) is 35.4 Å². The minimum Gasteiger partial charge on any atom is -0.462 e. The number of carbonyl (C=O) groups excluding carboxylic acids is 2. The Morgan fingerprint density at radius 2 is 2.03 bits per heavy atom. The molecule has 0 radical (unpaired) electrons. The molecule has 8 unspecified atom stereocenters. The van der Waals surface area contributed by atoms with Crippen molar-refractivity contribution in [2.24, 2.45) is 29.6 Å². The minimum atomic E-state index is -0.600. The maximum Gasteiger partial charge on any atom is 0.308 e. The SMILES string of the molecule is CCC(C)C(=O)OC1CC(C)C=C2C=C(C)C(C)C(CCC3CC(O)CC(=O)O3)C21. The Hall–Kier alpha value is -1.62. The van der Waals surface area contributed by atoms with Crippen LogP contribution in [0.1, 0.15) is 73.1 Å². The van der Waals surface area contributed by atoms with Gasteiger partial charge in [-0.3, -0.25) is 9.59 Å². The van der Waals surface area contributed by atoms with Gasteiger partial charge in [0.15, 0.2) is 0 Å². The quantitative estimate of drug-likeness (QED) is 0.639. The van der Waals surface area contributed by atoms with Gasteiger partial charge in [-0.25, -0.2) is 0 Å². The summed E-state index contributed by atoms with van der Waals surface area (Å²) in [6, 6.07) is 0. The molecule has 1 saturated heterocycles. The smallest absolute Gasteiger partial charge is 0.308 e. The molecule has 168 valence electrons. The summed E-state index contributed by atoms with van der Waals surface area (Å²) in [7, 11) is 0. The molecule has 1 fully saturated rings. The zero-order valence-electron chi connectivity index (χ0n) is 19.1. The monoisotopic (exact) mass is 418 g/mol. The van der Waals surface area contributed by atoms with Crippen LogP contribution in [0.15, 0.2) is 23.3 Å². The molecule has 0 aromatic heterocycles. The van der Waals surface area contributed by atoms with E-state index in [4.69, 9.17) is 9.47 Å². The first kappa shape index (κ1) is 23.1. The summed E-state index contributed by atoms with van der Waals surface area (Å²) >= 11 is 0. The Kier molecular flexibility index (Phi) is 7.43. The van der Waals surface area contributed by atoms with E-state index < -0.39 is 6.10 Å². The maximum absolute atomic E-state index is 12.6. The van der Waals surface area contributed by atoms with Gasteiger partial charge in [-0.15, -0.1) is 0 Å². The molecular weight excluding hydrogens is 380 g/mol. The third-order valence-electron chi connectivity index (χ3n) is 7.42. The van der Waals surface area contributed by atoms with E-state index in [1.807, 2.05) is 13.8 Å². The van der Waals surface area contributed by atoms with Gasteiger partial charge < -0.3 is 14.6 Å². The van der Waals surface area contributed by atoms with E-state index in [2.05, 4.69) is 32.9 Å². The van der Waals surface area contributed by atoms with Crippen LogP contribution < -0.4 is 0 Å². The number of rotatable bonds is 6. The number of hydrogen-bond donors (Lipinski definition) is 1. The van der Waals surface area contributed by atoms with Crippen molar-refractivity contribution in [3.8, 4) is 0 Å². The lowest BCUT2D eigenvalue weighted by atomic mass is 9.63. The van der Waals surface area contributed by atoms with Gasteiger partial charge in [-0.1, -0.05) is 45.4 Å². The van der Waals surface area contributed by atoms with Gasteiger partial charge in [0.1, 0.15) is 12.2 Å². The van der Waals surface area contributed by atoms with Gasteiger partial charge in [0.05, 0.1) is 18.4 Å². The summed E-state index contributed by atoms with van der Waals surface area (Å²) in [5.74, 6) is 0.748. The van der Waals surface area contributed by atoms with Crippen LogP contribution in [0.5, 0.6) is 0 Å². The van der Waals surface area contributed by atoms with E-state index in [-0.39, 0.29) is 42.4 Å². The molecule has 0 aromatic rings. The Bertz CT molecular complexity index is 708. The van der Waals surface area contributed by atoms with E-state index in [1.54, 1.807) is 0 Å². The zero-order valence-corrected chi connectivity index (χ0v) is 19.1. The summed E-state index contributed by atoms with van der Waals surface area (Å²) in [4.78, 5) is 24.3. The molecule has 30 heavy (non-hydrogen) atoms. The highest BCUT2D eigenvalue weighted by Gasteiger charge is 2.43. The highest BCUT2D eigenvalue weighted by molar-refractivity contribution is 5.72. The number of hydrogen-bond acceptors (Lipinski definition) is 5. The van der Waals surface area contributed by atoms with Crippen molar-refractivity contribution in [2.45, 2.75) is 91.5 Å². The Morgan fingerprint density at radius 1 is 1.30 bits per heavy atom. The lowest BCUT2D eigenvalue weighted by molar-refractivity contribution is -0.162. The highest BCUT2D eigenvalue weighted by atomic mass is 16.5. The molecule has 8 atom stereocenters. The maximum atomic E-state index is 12.6. The van der Waals surface area contributed by atoms with Gasteiger partial charge in [0, 0.05) is 12.3 Å². The van der Waals surface area contributed by atoms with Gasteiger partial charge in [-0.2, -0.15) is 0 Å². The van der Waals surface area contributed by atoms with Crippen molar-refractivity contribution in [1.29, 1.82) is 0 Å². The van der Waals surface area contributed by atoms with Gasteiger partial charge in [0.2, 0.25) is 0 Å². The third-order valence-corrected chi connectivity index (χ3v) is 7.42. The minimum absolute atomic E-state index is 0.0884. The van der Waals surface area contributed by atoms with Crippen LogP contribution in [0.2, 0.25) is 0 Å². The van der Waals surface area contributed by atoms with Crippen LogP contribution in [-0.2, 0) is 19.1 Å². The van der Waals surface area contributed by atoms with Crippen LogP contribution in [0.4, 0.5) is 0 Å². The molecule has 1 N–H and O–H groups in total. The zero-order chi connectivity index (χ0) is 22.0. The molecule has 2 aliphatic carbocycles. The van der Waals surface area contributed by atoms with Crippen molar-refractivity contribution in [1.82, 2.24) is 0 Å². The van der Waals surface area contributed by atoms with E-state index >= 15 is 0 Å². The molecular formula is C25H38O5. The molecule has 0 bridgehead atoms. The largest absolute Gasteiger partial charge is 0.462 e. The van der Waals surface area contributed by atoms with Gasteiger partial charge >= 0.3 is 11.9 Å². The summed E-state index contributed by atoms with van der Waals surface area (Å²) in [6.45, 7) is 10.6. The predicted octanol–water partition coefficient (Wildman–Crippen LogP) is 4.59. The number of allylic oxidation sites excluding steroid dienone is 3. The van der Waals surface area contributed by atoms with Crippen molar-refractivity contribution >= 4 is 11.9 Å². The number of aliphatic hydroxyl groups excluding tert-OH is 1. The fraction of sp³-hybridized carbons (Fsp3) is 0.760. The molecule has 1 aliphatic heterocycles. The van der Waals surface area contributed by atoms with E-state index in [0.29, 0.717) is 24.2 Å². The second-order valence-corrected chi connectivity index (χ2v) is 9.81. The van der Waals surface area contributed by atoms with E-state index in [0.717, 1.165) is 25.7 Å². The lowest BCUT2D eigenvalue weighted by Gasteiger charge is -2.45. The molecule has 5 nitrogen and oxygen atoms in total. The topological polar surface area (TPSA) is 72.8 Å². The van der Waals surface area contributed by atoms with Crippen LogP contribution in [0.3, 0.4) is 0 Å². The average molecular weight is 419 g/mol. The number of ether oxygens (including phenoxy) is 2. The Balaban J connectivity index is 1.79. The standard InChI is InChI=1S/C25H38O5/c1-6-15(3)25(28)30-22-10-14(2)9-18-11-16(4)17(5)21(24(18)22)8-7-20-12-19(26)13-23(27)29-20/h9,11,14-15,17,19-22,24,26H,6-8,10,12-13H2,1-5H3. The van der Waals surface area contributed by atoms with Crippen LogP contribution >= 0.6 is 0 Å². The number of cyclic esters (lactones) is 1. The number of carbonyl (C=O) groups is 2. The molecule has 3 rings (SSSR count).